The largest absolute Gasteiger partial charge is 0.496 e. The van der Waals surface area contributed by atoms with E-state index in [9.17, 15) is 22.8 Å². The third kappa shape index (κ3) is 8.08. The lowest BCUT2D eigenvalue weighted by Crippen LogP contribution is -2.49. The Morgan fingerprint density at radius 2 is 1.93 bits per heavy atom. The van der Waals surface area contributed by atoms with Gasteiger partial charge in [-0.3, -0.25) is 19.4 Å². The fraction of sp³-hybridized carbons (Fsp3) is 0.438. The van der Waals surface area contributed by atoms with Crippen molar-refractivity contribution in [3.63, 3.8) is 0 Å². The average Bonchev–Trinajstić information content (AvgIpc) is 3.37. The molecule has 13 heteroatoms. The zero-order valence-corrected chi connectivity index (χ0v) is 26.3. The van der Waals surface area contributed by atoms with Crippen molar-refractivity contribution in [3.8, 4) is 5.75 Å². The molecule has 10 nitrogen and oxygen atoms in total. The van der Waals surface area contributed by atoms with Gasteiger partial charge in [-0.25, -0.2) is 9.98 Å². The molecule has 45 heavy (non-hydrogen) atoms. The molecule has 1 aliphatic rings. The monoisotopic (exact) mass is 627 g/mol. The molecule has 3 aromatic heterocycles. The van der Waals surface area contributed by atoms with Crippen LogP contribution >= 0.6 is 0 Å². The molecule has 4 rings (SSSR count). The van der Waals surface area contributed by atoms with Crippen LogP contribution < -0.4 is 15.6 Å². The SMILES string of the molecule is C=CN=C(C)N=CCc1ccn2c(C(C)N3CCN(CC(F)(F)F)CC3)c(C)c(C(=O)NCc3c(OC)cc(C)[nH]c3=O)cc12. The molecule has 0 bridgehead atoms. The Hall–Kier alpha value is -4.23. The number of nitrogens with one attached hydrogen (secondary N) is 2. The normalized spacial score (nSPS) is 16.0. The standard InChI is InChI=1S/C32H40F3N7O3/c1-7-36-23(5)37-10-8-24-9-11-42-27(24)17-25(30(43)38-18-26-28(45-6)16-20(2)39-31(26)44)21(3)29(42)22(4)41-14-12-40(13-15-41)19-32(33,34)35/h7,9-11,16-17,22H,1,8,12-15,18-19H2,2-6H3,(H,38,43)(H,39,44). The highest BCUT2D eigenvalue weighted by molar-refractivity contribution is 5.97. The van der Waals surface area contributed by atoms with Gasteiger partial charge in [0.15, 0.2) is 0 Å². The van der Waals surface area contributed by atoms with E-state index in [0.717, 1.165) is 22.3 Å². The molecule has 0 aromatic carbocycles. The summed E-state index contributed by atoms with van der Waals surface area (Å²) in [6.07, 6.45) is 1.35. The Kier molecular flexibility index (Phi) is 10.7. The summed E-state index contributed by atoms with van der Waals surface area (Å²) in [4.78, 5) is 41.1. The molecule has 1 aliphatic heterocycles. The Morgan fingerprint density at radius 3 is 2.58 bits per heavy atom. The van der Waals surface area contributed by atoms with E-state index in [2.05, 4.69) is 31.8 Å². The van der Waals surface area contributed by atoms with Crippen molar-refractivity contribution < 1.29 is 22.7 Å². The summed E-state index contributed by atoms with van der Waals surface area (Å²) in [6, 6.07) is 5.29. The van der Waals surface area contributed by atoms with Crippen molar-refractivity contribution in [2.24, 2.45) is 9.98 Å². The maximum absolute atomic E-state index is 13.7. The van der Waals surface area contributed by atoms with Crippen molar-refractivity contribution in [2.45, 2.75) is 52.9 Å². The molecule has 0 radical (unpaired) electrons. The molecule has 1 atom stereocenters. The molecule has 242 valence electrons. The van der Waals surface area contributed by atoms with Crippen molar-refractivity contribution in [2.75, 3.05) is 39.8 Å². The van der Waals surface area contributed by atoms with Gasteiger partial charge in [0.25, 0.3) is 11.5 Å². The van der Waals surface area contributed by atoms with Crippen LogP contribution in [-0.4, -0.2) is 83.2 Å². The second-order valence-corrected chi connectivity index (χ2v) is 11.2. The number of H-pyrrole nitrogens is 1. The number of amidine groups is 1. The number of aromatic amines is 1. The van der Waals surface area contributed by atoms with E-state index in [0.29, 0.717) is 47.9 Å². The number of nitrogens with zero attached hydrogens (tertiary/aromatic N) is 5. The van der Waals surface area contributed by atoms with Gasteiger partial charge in [-0.15, -0.1) is 0 Å². The number of aromatic nitrogens is 2. The molecule has 4 heterocycles. The van der Waals surface area contributed by atoms with Gasteiger partial charge in [0, 0.05) is 79.7 Å². The number of methoxy groups -OCH3 is 1. The van der Waals surface area contributed by atoms with Crippen molar-refractivity contribution >= 4 is 23.5 Å². The third-order valence-corrected chi connectivity index (χ3v) is 8.08. The lowest BCUT2D eigenvalue weighted by Gasteiger charge is -2.39. The van der Waals surface area contributed by atoms with Crippen LogP contribution in [0.4, 0.5) is 13.2 Å². The molecule has 0 aliphatic carbocycles. The number of carbonyl (C=O) groups excluding carboxylic acids is 1. The second-order valence-electron chi connectivity index (χ2n) is 11.2. The number of ether oxygens (including phenoxy) is 1. The van der Waals surface area contributed by atoms with E-state index in [4.69, 9.17) is 4.74 Å². The number of aryl methyl sites for hydroxylation is 1. The zero-order chi connectivity index (χ0) is 32.9. The van der Waals surface area contributed by atoms with Gasteiger partial charge in [0.05, 0.1) is 25.8 Å². The van der Waals surface area contributed by atoms with Crippen LogP contribution in [0.2, 0.25) is 0 Å². The summed E-state index contributed by atoms with van der Waals surface area (Å²) in [6.45, 7) is 11.5. The van der Waals surface area contributed by atoms with Crippen LogP contribution in [0.25, 0.3) is 5.52 Å². The second kappa shape index (κ2) is 14.2. The van der Waals surface area contributed by atoms with Gasteiger partial charge in [0.1, 0.15) is 11.6 Å². The Balaban J connectivity index is 1.69. The number of amides is 1. The molecular formula is C32H40F3N7O3. The highest BCUT2D eigenvalue weighted by atomic mass is 19.4. The van der Waals surface area contributed by atoms with Crippen molar-refractivity contribution in [1.29, 1.82) is 0 Å². The number of hydrogen-bond acceptors (Lipinski definition) is 6. The van der Waals surface area contributed by atoms with Crippen LogP contribution in [0.3, 0.4) is 0 Å². The van der Waals surface area contributed by atoms with Gasteiger partial charge in [-0.05, 0) is 57.0 Å². The molecule has 1 unspecified atom stereocenters. The van der Waals surface area contributed by atoms with Crippen LogP contribution in [0.5, 0.6) is 5.75 Å². The number of piperazine rings is 1. The molecular weight excluding hydrogens is 587 g/mol. The van der Waals surface area contributed by atoms with Gasteiger partial charge in [-0.1, -0.05) is 6.58 Å². The van der Waals surface area contributed by atoms with E-state index < -0.39 is 12.7 Å². The summed E-state index contributed by atoms with van der Waals surface area (Å²) in [5.41, 5.74) is 4.36. The summed E-state index contributed by atoms with van der Waals surface area (Å²) in [5, 5.41) is 2.89. The summed E-state index contributed by atoms with van der Waals surface area (Å²) < 4.78 is 46.4. The van der Waals surface area contributed by atoms with Gasteiger partial charge in [-0.2, -0.15) is 13.2 Å². The first kappa shape index (κ1) is 33.7. The van der Waals surface area contributed by atoms with Crippen molar-refractivity contribution in [1.82, 2.24) is 24.5 Å². The highest BCUT2D eigenvalue weighted by Crippen LogP contribution is 2.31. The first-order chi connectivity index (χ1) is 21.3. The molecule has 2 N–H and O–H groups in total. The van der Waals surface area contributed by atoms with E-state index in [1.54, 1.807) is 26.1 Å². The number of fused-ring (bicyclic) bond motifs is 1. The number of aliphatic imine (C=N–C) groups is 2. The molecule has 0 spiro atoms. The first-order valence-corrected chi connectivity index (χ1v) is 14.7. The Labute approximate surface area is 260 Å². The van der Waals surface area contributed by atoms with Crippen LogP contribution in [-0.2, 0) is 13.0 Å². The number of halogens is 3. The van der Waals surface area contributed by atoms with Gasteiger partial charge < -0.3 is 19.4 Å². The summed E-state index contributed by atoms with van der Waals surface area (Å²) in [7, 11) is 1.47. The Bertz CT molecular complexity index is 1660. The summed E-state index contributed by atoms with van der Waals surface area (Å²) >= 11 is 0. The topological polar surface area (TPSA) is 107 Å². The fourth-order valence-corrected chi connectivity index (χ4v) is 5.82. The minimum Gasteiger partial charge on any atom is -0.496 e. The van der Waals surface area contributed by atoms with Gasteiger partial charge >= 0.3 is 6.18 Å². The van der Waals surface area contributed by atoms with E-state index in [1.807, 2.05) is 36.6 Å². The first-order valence-electron chi connectivity index (χ1n) is 14.7. The number of pyridine rings is 2. The molecule has 1 fully saturated rings. The predicted molar refractivity (Wildman–Crippen MR) is 170 cm³/mol. The molecule has 3 aromatic rings. The molecule has 1 amide bonds. The van der Waals surface area contributed by atoms with E-state index >= 15 is 0 Å². The number of rotatable bonds is 10. The quantitative estimate of drug-likeness (QED) is 0.253. The average molecular weight is 628 g/mol. The molecule has 0 saturated carbocycles. The fourth-order valence-electron chi connectivity index (χ4n) is 5.82. The van der Waals surface area contributed by atoms with Crippen LogP contribution in [0.15, 0.2) is 52.0 Å². The number of alkyl halides is 3. The number of hydrogen-bond donors (Lipinski definition) is 2. The highest BCUT2D eigenvalue weighted by Gasteiger charge is 2.34. The lowest BCUT2D eigenvalue weighted by atomic mass is 9.99. The van der Waals surface area contributed by atoms with Gasteiger partial charge in [0.2, 0.25) is 0 Å². The van der Waals surface area contributed by atoms with Crippen molar-refractivity contribution in [3.05, 3.63) is 81.2 Å². The maximum Gasteiger partial charge on any atom is 0.401 e. The molecule has 1 saturated heterocycles. The van der Waals surface area contributed by atoms with Crippen LogP contribution in [0, 0.1) is 13.8 Å². The Morgan fingerprint density at radius 1 is 1.22 bits per heavy atom. The third-order valence-electron chi connectivity index (χ3n) is 8.08. The lowest BCUT2D eigenvalue weighted by molar-refractivity contribution is -0.149. The maximum atomic E-state index is 13.7. The van der Waals surface area contributed by atoms with E-state index in [1.165, 1.54) is 18.2 Å². The van der Waals surface area contributed by atoms with E-state index in [-0.39, 0.29) is 37.1 Å². The minimum absolute atomic E-state index is 0.0449. The number of carbonyl (C=O) groups is 1. The smallest absolute Gasteiger partial charge is 0.401 e. The minimum atomic E-state index is -4.24. The predicted octanol–water partition coefficient (Wildman–Crippen LogP) is 4.60. The summed E-state index contributed by atoms with van der Waals surface area (Å²) in [5.74, 6) is 0.575. The zero-order valence-electron chi connectivity index (χ0n) is 26.3. The van der Waals surface area contributed by atoms with Crippen LogP contribution in [0.1, 0.15) is 58.3 Å².